The zero-order chi connectivity index (χ0) is 14.4. The molecule has 2 rings (SSSR count). The predicted octanol–water partition coefficient (Wildman–Crippen LogP) is 4.68. The average Bonchev–Trinajstić information content (AvgIpc) is 2.45. The van der Waals surface area contributed by atoms with E-state index in [4.69, 9.17) is 27.9 Å². The summed E-state index contributed by atoms with van der Waals surface area (Å²) in [6, 6.07) is 7.13. The number of aromatic nitrogens is 1. The Morgan fingerprint density at radius 2 is 2.05 bits per heavy atom. The molecule has 0 spiro atoms. The molecule has 0 fully saturated rings. The second kappa shape index (κ2) is 7.48. The number of pyridine rings is 1. The maximum absolute atomic E-state index is 5.98. The van der Waals surface area contributed by atoms with Gasteiger partial charge in [-0.2, -0.15) is 0 Å². The fourth-order valence-corrected chi connectivity index (χ4v) is 2.00. The molecule has 0 unspecified atom stereocenters. The Bertz CT molecular complexity index is 576. The molecule has 1 N–H and O–H groups in total. The quantitative estimate of drug-likeness (QED) is 0.787. The van der Waals surface area contributed by atoms with Gasteiger partial charge in [-0.15, -0.1) is 0 Å². The van der Waals surface area contributed by atoms with E-state index in [1.54, 1.807) is 30.6 Å². The van der Waals surface area contributed by atoms with Crippen LogP contribution in [-0.4, -0.2) is 11.5 Å². The Kier molecular flexibility index (Phi) is 5.65. The van der Waals surface area contributed by atoms with E-state index in [9.17, 15) is 0 Å². The fraction of sp³-hybridized carbons (Fsp3) is 0.267. The number of rotatable bonds is 6. The van der Waals surface area contributed by atoms with Gasteiger partial charge in [0.05, 0.1) is 16.2 Å². The number of benzene rings is 1. The van der Waals surface area contributed by atoms with Crippen molar-refractivity contribution in [2.24, 2.45) is 0 Å². The summed E-state index contributed by atoms with van der Waals surface area (Å²) in [7, 11) is 0. The molecule has 0 aliphatic heterocycles. The lowest BCUT2D eigenvalue weighted by molar-refractivity contribution is 0.470. The van der Waals surface area contributed by atoms with Gasteiger partial charge in [-0.3, -0.25) is 4.98 Å². The van der Waals surface area contributed by atoms with Crippen molar-refractivity contribution in [1.29, 1.82) is 0 Å². The third-order valence-corrected chi connectivity index (χ3v) is 3.47. The first-order valence-corrected chi connectivity index (χ1v) is 7.23. The summed E-state index contributed by atoms with van der Waals surface area (Å²) in [5.74, 6) is 1.36. The van der Waals surface area contributed by atoms with E-state index in [0.717, 1.165) is 30.8 Å². The molecule has 1 aromatic heterocycles. The Hall–Kier alpha value is -1.29. The van der Waals surface area contributed by atoms with Crippen LogP contribution in [0.4, 0.5) is 0 Å². The third-order valence-electron chi connectivity index (χ3n) is 2.73. The van der Waals surface area contributed by atoms with Crippen molar-refractivity contribution in [2.75, 3.05) is 6.54 Å². The lowest BCUT2D eigenvalue weighted by atomic mass is 10.2. The lowest BCUT2D eigenvalue weighted by Crippen LogP contribution is -2.14. The van der Waals surface area contributed by atoms with E-state index in [1.165, 1.54) is 0 Å². The molecule has 0 radical (unpaired) electrons. The van der Waals surface area contributed by atoms with Gasteiger partial charge in [-0.25, -0.2) is 0 Å². The SMILES string of the molecule is CCCNCc1ccncc1Oc1ccc(Cl)c(Cl)c1. The monoisotopic (exact) mass is 310 g/mol. The molecule has 5 heteroatoms. The Morgan fingerprint density at radius 1 is 1.20 bits per heavy atom. The summed E-state index contributed by atoms with van der Waals surface area (Å²) < 4.78 is 5.83. The number of hydrogen-bond acceptors (Lipinski definition) is 3. The molecule has 0 saturated carbocycles. The van der Waals surface area contributed by atoms with Gasteiger partial charge < -0.3 is 10.1 Å². The van der Waals surface area contributed by atoms with E-state index in [1.807, 2.05) is 6.07 Å². The van der Waals surface area contributed by atoms with Gasteiger partial charge in [0.15, 0.2) is 0 Å². The lowest BCUT2D eigenvalue weighted by Gasteiger charge is -2.11. The highest BCUT2D eigenvalue weighted by Crippen LogP contribution is 2.30. The van der Waals surface area contributed by atoms with Gasteiger partial charge in [0.1, 0.15) is 11.5 Å². The summed E-state index contributed by atoms with van der Waals surface area (Å²) in [5.41, 5.74) is 1.06. The van der Waals surface area contributed by atoms with Crippen LogP contribution < -0.4 is 10.1 Å². The van der Waals surface area contributed by atoms with Crippen LogP contribution in [0.25, 0.3) is 0 Å². The van der Waals surface area contributed by atoms with Crippen LogP contribution in [0, 0.1) is 0 Å². The van der Waals surface area contributed by atoms with Crippen LogP contribution in [-0.2, 0) is 6.54 Å². The molecule has 2 aromatic rings. The number of nitrogens with zero attached hydrogens (tertiary/aromatic N) is 1. The normalized spacial score (nSPS) is 10.6. The van der Waals surface area contributed by atoms with E-state index in [0.29, 0.717) is 15.8 Å². The molecule has 20 heavy (non-hydrogen) atoms. The zero-order valence-corrected chi connectivity index (χ0v) is 12.7. The van der Waals surface area contributed by atoms with Gasteiger partial charge in [0.25, 0.3) is 0 Å². The van der Waals surface area contributed by atoms with Gasteiger partial charge in [0, 0.05) is 24.4 Å². The summed E-state index contributed by atoms with van der Waals surface area (Å²) in [6.45, 7) is 3.84. The van der Waals surface area contributed by atoms with Crippen LogP contribution in [0.5, 0.6) is 11.5 Å². The van der Waals surface area contributed by atoms with Crippen molar-refractivity contribution in [3.8, 4) is 11.5 Å². The average molecular weight is 311 g/mol. The number of halogens is 2. The molecule has 106 valence electrons. The van der Waals surface area contributed by atoms with Crippen LogP contribution >= 0.6 is 23.2 Å². The van der Waals surface area contributed by atoms with Crippen LogP contribution in [0.2, 0.25) is 10.0 Å². The number of ether oxygens (including phenoxy) is 1. The van der Waals surface area contributed by atoms with Crippen LogP contribution in [0.1, 0.15) is 18.9 Å². The van der Waals surface area contributed by atoms with Crippen molar-refractivity contribution >= 4 is 23.2 Å². The van der Waals surface area contributed by atoms with E-state index >= 15 is 0 Å². The maximum atomic E-state index is 5.98. The van der Waals surface area contributed by atoms with Crippen molar-refractivity contribution in [3.63, 3.8) is 0 Å². The highest BCUT2D eigenvalue weighted by molar-refractivity contribution is 6.42. The van der Waals surface area contributed by atoms with Crippen molar-refractivity contribution < 1.29 is 4.74 Å². The molecule has 0 aliphatic rings. The molecule has 0 amide bonds. The smallest absolute Gasteiger partial charge is 0.150 e. The summed E-state index contributed by atoms with van der Waals surface area (Å²) >= 11 is 11.9. The van der Waals surface area contributed by atoms with Gasteiger partial charge in [-0.05, 0) is 31.2 Å². The molecular weight excluding hydrogens is 295 g/mol. The van der Waals surface area contributed by atoms with Crippen molar-refractivity contribution in [1.82, 2.24) is 10.3 Å². The van der Waals surface area contributed by atoms with Crippen LogP contribution in [0.3, 0.4) is 0 Å². The number of nitrogens with one attached hydrogen (secondary N) is 1. The van der Waals surface area contributed by atoms with E-state index in [-0.39, 0.29) is 0 Å². The predicted molar refractivity (Wildman–Crippen MR) is 82.8 cm³/mol. The standard InChI is InChI=1S/C15H16Cl2N2O/c1-2-6-18-9-11-5-7-19-10-15(11)20-12-3-4-13(16)14(17)8-12/h3-5,7-8,10,18H,2,6,9H2,1H3. The first kappa shape index (κ1) is 15.1. The minimum absolute atomic E-state index is 0.471. The Balaban J connectivity index is 2.13. The third kappa shape index (κ3) is 4.10. The molecule has 0 bridgehead atoms. The molecule has 0 aliphatic carbocycles. The number of hydrogen-bond donors (Lipinski definition) is 1. The summed E-state index contributed by atoms with van der Waals surface area (Å²) in [6.07, 6.45) is 4.55. The minimum Gasteiger partial charge on any atom is -0.455 e. The molecule has 1 heterocycles. The van der Waals surface area contributed by atoms with Crippen LogP contribution in [0.15, 0.2) is 36.7 Å². The second-order valence-electron chi connectivity index (χ2n) is 4.34. The topological polar surface area (TPSA) is 34.2 Å². The molecule has 0 atom stereocenters. The van der Waals surface area contributed by atoms with Gasteiger partial charge in [-0.1, -0.05) is 30.1 Å². The first-order valence-electron chi connectivity index (χ1n) is 6.47. The van der Waals surface area contributed by atoms with E-state index in [2.05, 4.69) is 17.2 Å². The van der Waals surface area contributed by atoms with Gasteiger partial charge >= 0.3 is 0 Å². The Morgan fingerprint density at radius 3 is 2.80 bits per heavy atom. The van der Waals surface area contributed by atoms with E-state index < -0.39 is 0 Å². The summed E-state index contributed by atoms with van der Waals surface area (Å²) in [4.78, 5) is 4.10. The molecular formula is C15H16Cl2N2O. The minimum atomic E-state index is 0.471. The first-order chi connectivity index (χ1) is 9.70. The maximum Gasteiger partial charge on any atom is 0.150 e. The largest absolute Gasteiger partial charge is 0.455 e. The molecule has 3 nitrogen and oxygen atoms in total. The summed E-state index contributed by atoms with van der Waals surface area (Å²) in [5, 5.41) is 4.32. The second-order valence-corrected chi connectivity index (χ2v) is 5.15. The Labute approximate surface area is 128 Å². The highest BCUT2D eigenvalue weighted by atomic mass is 35.5. The molecule has 0 saturated heterocycles. The van der Waals surface area contributed by atoms with Crippen molar-refractivity contribution in [2.45, 2.75) is 19.9 Å². The molecule has 1 aromatic carbocycles. The van der Waals surface area contributed by atoms with Gasteiger partial charge in [0.2, 0.25) is 0 Å². The highest BCUT2D eigenvalue weighted by Gasteiger charge is 2.06. The fourth-order valence-electron chi connectivity index (χ4n) is 1.71. The van der Waals surface area contributed by atoms with Crippen molar-refractivity contribution in [3.05, 3.63) is 52.3 Å². The zero-order valence-electron chi connectivity index (χ0n) is 11.2.